The number of rotatable bonds is 4. The number of aromatic nitrogens is 2. The molecular formula is C28H33N5O3S. The van der Waals surface area contributed by atoms with E-state index in [-0.39, 0.29) is 10.8 Å². The third-order valence-electron chi connectivity index (χ3n) is 7.52. The lowest BCUT2D eigenvalue weighted by atomic mass is 9.99. The summed E-state index contributed by atoms with van der Waals surface area (Å²) >= 11 is 0. The Morgan fingerprint density at radius 2 is 1.57 bits per heavy atom. The van der Waals surface area contributed by atoms with Gasteiger partial charge in [0.25, 0.3) is 0 Å². The molecule has 1 saturated heterocycles. The normalized spacial score (nSPS) is 16.5. The highest BCUT2D eigenvalue weighted by Crippen LogP contribution is 2.31. The second-order valence-corrected chi connectivity index (χ2v) is 11.9. The van der Waals surface area contributed by atoms with E-state index >= 15 is 0 Å². The number of sulfonamides is 1. The lowest BCUT2D eigenvalue weighted by Gasteiger charge is -2.35. The molecule has 8 nitrogen and oxygen atoms in total. The van der Waals surface area contributed by atoms with Crippen LogP contribution in [-0.4, -0.2) is 61.6 Å². The molecule has 0 spiro atoms. The summed E-state index contributed by atoms with van der Waals surface area (Å²) in [6.07, 6.45) is 1.60. The van der Waals surface area contributed by atoms with Gasteiger partial charge in [-0.15, -0.1) is 10.2 Å². The summed E-state index contributed by atoms with van der Waals surface area (Å²) in [5, 5.41) is 8.94. The van der Waals surface area contributed by atoms with Gasteiger partial charge in [0, 0.05) is 50.9 Å². The topological polar surface area (TPSA) is 86.7 Å². The number of hydrogen-bond donors (Lipinski definition) is 0. The minimum atomic E-state index is -3.63. The van der Waals surface area contributed by atoms with Gasteiger partial charge in [-0.05, 0) is 92.3 Å². The van der Waals surface area contributed by atoms with Gasteiger partial charge in [0.15, 0.2) is 5.82 Å². The molecule has 0 saturated carbocycles. The average molecular weight is 520 g/mol. The van der Waals surface area contributed by atoms with Crippen LogP contribution in [-0.2, 0) is 21.2 Å². The van der Waals surface area contributed by atoms with Crippen LogP contribution in [0.15, 0.2) is 47.4 Å². The minimum Gasteiger partial charge on any atom is -0.352 e. The number of carbonyl (C=O) groups is 1. The molecule has 3 heterocycles. The number of hydrogen-bond acceptors (Lipinski definition) is 6. The van der Waals surface area contributed by atoms with Crippen LogP contribution in [0.3, 0.4) is 0 Å². The molecule has 0 atom stereocenters. The van der Waals surface area contributed by atoms with Gasteiger partial charge in [-0.2, -0.15) is 4.31 Å². The molecule has 5 rings (SSSR count). The van der Waals surface area contributed by atoms with E-state index in [0.29, 0.717) is 32.7 Å². The highest BCUT2D eigenvalue weighted by atomic mass is 32.2. The van der Waals surface area contributed by atoms with Crippen molar-refractivity contribution in [2.24, 2.45) is 0 Å². The fourth-order valence-electron chi connectivity index (χ4n) is 5.24. The maximum atomic E-state index is 13.4. The first kappa shape index (κ1) is 25.4. The quantitative estimate of drug-likeness (QED) is 0.520. The standard InChI is InChI=1S/C28H33N5O3S/c1-19-16-21(3)25(17-20(19)2)26-8-10-28(30-29-26)31-12-14-32(15-13-31)37(35,36)24-7-9-27-23(18-24)6-5-11-33(27)22(4)34/h7-10,16-18H,5-6,11-15H2,1-4H3. The minimum absolute atomic E-state index is 0.0204. The molecule has 0 N–H and O–H groups in total. The molecule has 0 unspecified atom stereocenters. The van der Waals surface area contributed by atoms with E-state index in [1.807, 2.05) is 12.1 Å². The highest BCUT2D eigenvalue weighted by Gasteiger charge is 2.30. The lowest BCUT2D eigenvalue weighted by molar-refractivity contribution is -0.116. The molecule has 9 heteroatoms. The van der Waals surface area contributed by atoms with Crippen molar-refractivity contribution >= 4 is 27.4 Å². The summed E-state index contributed by atoms with van der Waals surface area (Å²) in [7, 11) is -3.63. The SMILES string of the molecule is CC(=O)N1CCCc2cc(S(=O)(=O)N3CCN(c4ccc(-c5cc(C)c(C)cc5C)nn4)CC3)ccc21. The van der Waals surface area contributed by atoms with Gasteiger partial charge in [-0.3, -0.25) is 4.79 Å². The number of piperazine rings is 1. The first-order valence-electron chi connectivity index (χ1n) is 12.7. The molecular weight excluding hydrogens is 486 g/mol. The molecule has 3 aromatic rings. The predicted octanol–water partition coefficient (Wildman–Crippen LogP) is 3.88. The summed E-state index contributed by atoms with van der Waals surface area (Å²) in [6, 6.07) is 13.4. The van der Waals surface area contributed by atoms with Crippen molar-refractivity contribution < 1.29 is 13.2 Å². The van der Waals surface area contributed by atoms with Crippen LogP contribution in [0.25, 0.3) is 11.3 Å². The third-order valence-corrected chi connectivity index (χ3v) is 9.41. The Morgan fingerprint density at radius 3 is 2.24 bits per heavy atom. The molecule has 2 aromatic carbocycles. The van der Waals surface area contributed by atoms with E-state index in [4.69, 9.17) is 0 Å². The number of aryl methyl sites for hydroxylation is 4. The van der Waals surface area contributed by atoms with Crippen molar-refractivity contribution in [3.63, 3.8) is 0 Å². The molecule has 2 aliphatic rings. The number of anilines is 2. The summed E-state index contributed by atoms with van der Waals surface area (Å²) in [5.74, 6) is 0.730. The van der Waals surface area contributed by atoms with Gasteiger partial charge in [-0.1, -0.05) is 6.07 Å². The molecule has 2 aliphatic heterocycles. The van der Waals surface area contributed by atoms with Crippen LogP contribution in [0.1, 0.15) is 35.6 Å². The molecule has 1 amide bonds. The number of benzene rings is 2. The van der Waals surface area contributed by atoms with Gasteiger partial charge < -0.3 is 9.80 Å². The van der Waals surface area contributed by atoms with E-state index in [1.165, 1.54) is 21.0 Å². The van der Waals surface area contributed by atoms with E-state index in [2.05, 4.69) is 48.0 Å². The van der Waals surface area contributed by atoms with Crippen LogP contribution < -0.4 is 9.80 Å². The van der Waals surface area contributed by atoms with Crippen molar-refractivity contribution in [3.8, 4) is 11.3 Å². The van der Waals surface area contributed by atoms with E-state index in [9.17, 15) is 13.2 Å². The first-order valence-corrected chi connectivity index (χ1v) is 14.2. The third kappa shape index (κ3) is 4.85. The Balaban J connectivity index is 1.28. The fourth-order valence-corrected chi connectivity index (χ4v) is 6.72. The number of fused-ring (bicyclic) bond motifs is 1. The van der Waals surface area contributed by atoms with Crippen molar-refractivity contribution in [2.75, 3.05) is 42.5 Å². The van der Waals surface area contributed by atoms with E-state index in [0.717, 1.165) is 41.2 Å². The molecule has 1 fully saturated rings. The maximum Gasteiger partial charge on any atom is 0.243 e. The summed E-state index contributed by atoms with van der Waals surface area (Å²) in [6.45, 7) is 10.3. The Kier molecular flexibility index (Phi) is 6.76. The molecule has 0 bridgehead atoms. The molecule has 194 valence electrons. The number of carbonyl (C=O) groups excluding carboxylic acids is 1. The second-order valence-electron chi connectivity index (χ2n) is 9.98. The van der Waals surface area contributed by atoms with Gasteiger partial charge in [0.05, 0.1) is 10.6 Å². The van der Waals surface area contributed by atoms with E-state index < -0.39 is 10.0 Å². The zero-order valence-corrected chi connectivity index (χ0v) is 22.7. The largest absolute Gasteiger partial charge is 0.352 e. The second kappa shape index (κ2) is 9.87. The van der Waals surface area contributed by atoms with Gasteiger partial charge in [0.1, 0.15) is 0 Å². The number of amides is 1. The van der Waals surface area contributed by atoms with E-state index in [1.54, 1.807) is 30.0 Å². The maximum absolute atomic E-state index is 13.4. The Morgan fingerprint density at radius 1 is 0.838 bits per heavy atom. The molecule has 0 radical (unpaired) electrons. The van der Waals surface area contributed by atoms with Crippen molar-refractivity contribution in [1.82, 2.24) is 14.5 Å². The smallest absolute Gasteiger partial charge is 0.243 e. The van der Waals surface area contributed by atoms with Gasteiger partial charge in [0.2, 0.25) is 15.9 Å². The average Bonchev–Trinajstić information content (AvgIpc) is 2.90. The summed E-state index contributed by atoms with van der Waals surface area (Å²) in [4.78, 5) is 16.0. The highest BCUT2D eigenvalue weighted by molar-refractivity contribution is 7.89. The molecule has 1 aromatic heterocycles. The van der Waals surface area contributed by atoms with Crippen LogP contribution >= 0.6 is 0 Å². The van der Waals surface area contributed by atoms with Crippen LogP contribution in [0.4, 0.5) is 11.5 Å². The van der Waals surface area contributed by atoms with Crippen molar-refractivity contribution in [1.29, 1.82) is 0 Å². The zero-order valence-electron chi connectivity index (χ0n) is 21.9. The van der Waals surface area contributed by atoms with Gasteiger partial charge in [-0.25, -0.2) is 8.42 Å². The van der Waals surface area contributed by atoms with Crippen molar-refractivity contribution in [2.45, 2.75) is 45.4 Å². The summed E-state index contributed by atoms with van der Waals surface area (Å²) < 4.78 is 28.4. The Labute approximate surface area is 219 Å². The van der Waals surface area contributed by atoms with Crippen LogP contribution in [0.2, 0.25) is 0 Å². The Bertz CT molecular complexity index is 1450. The Hall–Kier alpha value is -3.30. The fraction of sp³-hybridized carbons (Fsp3) is 0.393. The summed E-state index contributed by atoms with van der Waals surface area (Å²) in [5.41, 5.74) is 7.29. The first-order chi connectivity index (χ1) is 17.6. The lowest BCUT2D eigenvalue weighted by Crippen LogP contribution is -2.49. The zero-order chi connectivity index (χ0) is 26.3. The predicted molar refractivity (Wildman–Crippen MR) is 145 cm³/mol. The van der Waals surface area contributed by atoms with Gasteiger partial charge >= 0.3 is 0 Å². The monoisotopic (exact) mass is 519 g/mol. The van der Waals surface area contributed by atoms with Crippen molar-refractivity contribution in [3.05, 3.63) is 64.7 Å². The number of nitrogens with zero attached hydrogens (tertiary/aromatic N) is 5. The van der Waals surface area contributed by atoms with Crippen LogP contribution in [0.5, 0.6) is 0 Å². The molecule has 37 heavy (non-hydrogen) atoms. The van der Waals surface area contributed by atoms with Crippen LogP contribution in [0, 0.1) is 20.8 Å². The molecule has 0 aliphatic carbocycles.